The highest BCUT2D eigenvalue weighted by atomic mass is 79.9. The second-order valence-electron chi connectivity index (χ2n) is 4.59. The highest BCUT2D eigenvalue weighted by Gasteiger charge is 2.02. The van der Waals surface area contributed by atoms with Crippen molar-refractivity contribution in [2.75, 3.05) is 12.5 Å². The Morgan fingerprint density at radius 1 is 1.19 bits per heavy atom. The molecule has 0 radical (unpaired) electrons. The third-order valence-electron chi connectivity index (χ3n) is 2.72. The molecule has 0 saturated carbocycles. The van der Waals surface area contributed by atoms with Crippen LogP contribution in [0.5, 0.6) is 5.75 Å². The summed E-state index contributed by atoms with van der Waals surface area (Å²) in [4.78, 5) is 10.7. The summed E-state index contributed by atoms with van der Waals surface area (Å²) in [5.74, 6) is -0.242. The van der Waals surface area contributed by atoms with E-state index in [1.54, 1.807) is 25.5 Å². The number of anilines is 1. The number of hydrazone groups is 1. The molecule has 0 saturated heterocycles. The summed E-state index contributed by atoms with van der Waals surface area (Å²) in [5.41, 5.74) is 4.59. The number of aromatic carboxylic acids is 1. The lowest BCUT2D eigenvalue weighted by atomic mass is 10.2. The van der Waals surface area contributed by atoms with Crippen LogP contribution in [0.3, 0.4) is 0 Å². The smallest absolute Gasteiger partial charge is 0.394 e. The van der Waals surface area contributed by atoms with Gasteiger partial charge >= 0.3 is 16.4 Å². The van der Waals surface area contributed by atoms with Crippen molar-refractivity contribution in [3.05, 3.63) is 58.1 Å². The Kier molecular flexibility index (Phi) is 8.19. The normalized spacial score (nSPS) is 10.8. The minimum atomic E-state index is -4.67. The monoisotopic (exact) mass is 446 g/mol. The van der Waals surface area contributed by atoms with Crippen LogP contribution in [0.4, 0.5) is 5.69 Å². The molecule has 0 spiro atoms. The van der Waals surface area contributed by atoms with Crippen LogP contribution >= 0.6 is 15.9 Å². The van der Waals surface area contributed by atoms with Crippen molar-refractivity contribution in [3.63, 3.8) is 0 Å². The van der Waals surface area contributed by atoms with E-state index in [0.717, 1.165) is 10.0 Å². The van der Waals surface area contributed by atoms with Crippen LogP contribution in [0.25, 0.3) is 0 Å². The van der Waals surface area contributed by atoms with E-state index in [1.165, 1.54) is 12.1 Å². The highest BCUT2D eigenvalue weighted by molar-refractivity contribution is 9.10. The lowest BCUT2D eigenvalue weighted by Crippen LogP contribution is -1.97. The first-order chi connectivity index (χ1) is 12.1. The number of hydrogen-bond acceptors (Lipinski definition) is 6. The molecular formula is C15H15BrN2O7S. The van der Waals surface area contributed by atoms with E-state index < -0.39 is 16.4 Å². The van der Waals surface area contributed by atoms with Gasteiger partial charge in [-0.1, -0.05) is 15.9 Å². The van der Waals surface area contributed by atoms with Crippen LogP contribution in [-0.4, -0.2) is 41.9 Å². The van der Waals surface area contributed by atoms with Crippen LogP contribution < -0.4 is 10.2 Å². The number of carbonyl (C=O) groups is 1. The standard InChI is InChI=1S/C15H13BrN2O3.H2O4S/c1-21-14-7-4-12(16)8-11(14)9-17-18-13-5-2-10(3-6-13)15(19)20;1-5(2,3)4/h2-9,18H,1H3,(H,19,20);(H2,1,2,3,4). The quantitative estimate of drug-likeness (QED) is 0.311. The van der Waals surface area contributed by atoms with E-state index >= 15 is 0 Å². The molecule has 0 aliphatic heterocycles. The fourth-order valence-corrected chi connectivity index (χ4v) is 2.05. The third kappa shape index (κ3) is 8.58. The van der Waals surface area contributed by atoms with E-state index in [0.29, 0.717) is 11.4 Å². The molecule has 140 valence electrons. The SMILES string of the molecule is COc1ccc(Br)cc1C=NNc1ccc(C(=O)O)cc1.O=S(=O)(O)O. The fourth-order valence-electron chi connectivity index (χ4n) is 1.67. The minimum Gasteiger partial charge on any atom is -0.496 e. The lowest BCUT2D eigenvalue weighted by molar-refractivity contribution is 0.0697. The van der Waals surface area contributed by atoms with Crippen LogP contribution in [0.2, 0.25) is 0 Å². The summed E-state index contributed by atoms with van der Waals surface area (Å²) in [6, 6.07) is 11.9. The molecule has 0 amide bonds. The predicted molar refractivity (Wildman–Crippen MR) is 99.5 cm³/mol. The Morgan fingerprint density at radius 3 is 2.27 bits per heavy atom. The van der Waals surface area contributed by atoms with E-state index in [1.807, 2.05) is 18.2 Å². The summed E-state index contributed by atoms with van der Waals surface area (Å²) in [6.07, 6.45) is 1.63. The van der Waals surface area contributed by atoms with Gasteiger partial charge < -0.3 is 9.84 Å². The maximum atomic E-state index is 10.7. The first-order valence-electron chi connectivity index (χ1n) is 6.76. The first kappa shape index (κ1) is 21.6. The molecule has 11 heteroatoms. The average Bonchev–Trinajstić information content (AvgIpc) is 2.54. The number of halogens is 1. The number of ether oxygens (including phenoxy) is 1. The van der Waals surface area contributed by atoms with Crippen molar-refractivity contribution in [2.24, 2.45) is 5.10 Å². The molecule has 0 aliphatic carbocycles. The van der Waals surface area contributed by atoms with Gasteiger partial charge in [-0.25, -0.2) is 4.79 Å². The maximum Gasteiger partial charge on any atom is 0.394 e. The number of hydrogen-bond donors (Lipinski definition) is 4. The molecule has 0 fully saturated rings. The molecule has 0 unspecified atom stereocenters. The summed E-state index contributed by atoms with van der Waals surface area (Å²) in [5, 5.41) is 12.9. The summed E-state index contributed by atoms with van der Waals surface area (Å²) < 4.78 is 37.7. The number of benzene rings is 2. The molecule has 0 aliphatic rings. The summed E-state index contributed by atoms with van der Waals surface area (Å²) >= 11 is 3.39. The summed E-state index contributed by atoms with van der Waals surface area (Å²) in [6.45, 7) is 0. The Balaban J connectivity index is 0.000000597. The van der Waals surface area contributed by atoms with Gasteiger partial charge in [0.05, 0.1) is 24.6 Å². The molecule has 4 N–H and O–H groups in total. The Hall–Kier alpha value is -2.47. The second kappa shape index (κ2) is 9.87. The van der Waals surface area contributed by atoms with Crippen molar-refractivity contribution in [2.45, 2.75) is 0 Å². The van der Waals surface area contributed by atoms with Gasteiger partial charge in [0.2, 0.25) is 0 Å². The molecule has 0 heterocycles. The topological polar surface area (TPSA) is 146 Å². The van der Waals surface area contributed by atoms with Crippen LogP contribution in [0, 0.1) is 0 Å². The van der Waals surface area contributed by atoms with Gasteiger partial charge in [0.15, 0.2) is 0 Å². The minimum absolute atomic E-state index is 0.234. The van der Waals surface area contributed by atoms with Crippen molar-refractivity contribution < 1.29 is 32.2 Å². The van der Waals surface area contributed by atoms with Gasteiger partial charge in [0.1, 0.15) is 5.75 Å². The second-order valence-corrected chi connectivity index (χ2v) is 6.40. The molecule has 9 nitrogen and oxygen atoms in total. The van der Waals surface area contributed by atoms with E-state index in [4.69, 9.17) is 27.4 Å². The first-order valence-corrected chi connectivity index (χ1v) is 8.95. The molecule has 26 heavy (non-hydrogen) atoms. The van der Waals surface area contributed by atoms with Gasteiger partial charge in [-0.05, 0) is 42.5 Å². The number of carboxylic acids is 1. The molecule has 0 aromatic heterocycles. The summed E-state index contributed by atoms with van der Waals surface area (Å²) in [7, 11) is -3.07. The number of rotatable bonds is 5. The number of carboxylic acid groups (broad SMARTS) is 1. The number of nitrogens with zero attached hydrogens (tertiary/aromatic N) is 1. The number of methoxy groups -OCH3 is 1. The fraction of sp³-hybridized carbons (Fsp3) is 0.0667. The van der Waals surface area contributed by atoms with Crippen LogP contribution in [0.1, 0.15) is 15.9 Å². The lowest BCUT2D eigenvalue weighted by Gasteiger charge is -2.05. The molecule has 2 rings (SSSR count). The van der Waals surface area contributed by atoms with E-state index in [2.05, 4.69) is 26.5 Å². The average molecular weight is 447 g/mol. The van der Waals surface area contributed by atoms with Crippen molar-refractivity contribution >= 4 is 44.2 Å². The molecular weight excluding hydrogens is 432 g/mol. The van der Waals surface area contributed by atoms with Gasteiger partial charge in [-0.3, -0.25) is 14.5 Å². The molecule has 0 bridgehead atoms. The largest absolute Gasteiger partial charge is 0.496 e. The molecule has 2 aromatic rings. The van der Waals surface area contributed by atoms with Gasteiger partial charge in [0, 0.05) is 10.0 Å². The zero-order chi connectivity index (χ0) is 19.7. The van der Waals surface area contributed by atoms with E-state index in [9.17, 15) is 4.79 Å². The van der Waals surface area contributed by atoms with Crippen LogP contribution in [-0.2, 0) is 10.4 Å². The van der Waals surface area contributed by atoms with Gasteiger partial charge in [-0.15, -0.1) is 0 Å². The zero-order valence-corrected chi connectivity index (χ0v) is 15.7. The predicted octanol–water partition coefficient (Wildman–Crippen LogP) is 2.95. The van der Waals surface area contributed by atoms with Crippen LogP contribution in [0.15, 0.2) is 52.0 Å². The zero-order valence-electron chi connectivity index (χ0n) is 13.3. The van der Waals surface area contributed by atoms with Gasteiger partial charge in [-0.2, -0.15) is 13.5 Å². The Bertz CT molecular complexity index is 875. The Morgan fingerprint density at radius 2 is 1.77 bits per heavy atom. The highest BCUT2D eigenvalue weighted by Crippen LogP contribution is 2.21. The molecule has 2 aromatic carbocycles. The Labute approximate surface area is 158 Å². The van der Waals surface area contributed by atoms with Crippen molar-refractivity contribution in [1.82, 2.24) is 0 Å². The van der Waals surface area contributed by atoms with E-state index in [-0.39, 0.29) is 5.56 Å². The van der Waals surface area contributed by atoms with Crippen molar-refractivity contribution in [1.29, 1.82) is 0 Å². The third-order valence-corrected chi connectivity index (χ3v) is 3.21. The molecule has 0 atom stereocenters. The maximum absolute atomic E-state index is 10.7. The van der Waals surface area contributed by atoms with Gasteiger partial charge in [0.25, 0.3) is 0 Å². The van der Waals surface area contributed by atoms with Crippen molar-refractivity contribution in [3.8, 4) is 5.75 Å². The number of nitrogens with one attached hydrogen (secondary N) is 1.